The van der Waals surface area contributed by atoms with Crippen LogP contribution in [0.3, 0.4) is 0 Å². The third-order valence-corrected chi connectivity index (χ3v) is 5.29. The molecular weight excluding hydrogens is 356 g/mol. The van der Waals surface area contributed by atoms with E-state index in [2.05, 4.69) is 25.2 Å². The summed E-state index contributed by atoms with van der Waals surface area (Å²) in [5.74, 6) is 1.46. The Labute approximate surface area is 163 Å². The summed E-state index contributed by atoms with van der Waals surface area (Å²) in [6, 6.07) is 7.02. The lowest BCUT2D eigenvalue weighted by Gasteiger charge is -2.25. The number of fused-ring (bicyclic) bond motifs is 1. The number of aromatic nitrogens is 3. The van der Waals surface area contributed by atoms with Gasteiger partial charge < -0.3 is 25.7 Å². The molecule has 2 aromatic heterocycles. The molecule has 8 heteroatoms. The molecule has 0 bridgehead atoms. The number of methoxy groups -OCH3 is 1. The van der Waals surface area contributed by atoms with Gasteiger partial charge in [-0.05, 0) is 43.2 Å². The second-order valence-corrected chi connectivity index (χ2v) is 7.34. The largest absolute Gasteiger partial charge is 0.497 e. The predicted octanol–water partition coefficient (Wildman–Crippen LogP) is 1.61. The molecule has 3 heterocycles. The average molecular weight is 380 g/mol. The maximum atomic E-state index is 12.4. The van der Waals surface area contributed by atoms with E-state index in [1.165, 1.54) is 0 Å². The van der Waals surface area contributed by atoms with Crippen molar-refractivity contribution >= 4 is 22.8 Å². The Kier molecular flexibility index (Phi) is 4.64. The minimum absolute atomic E-state index is 0.142. The molecule has 1 atom stereocenters. The SMILES string of the molecule is COc1ccc(C(=O)NC[C@@]2(N)CCN(c3ncnc4[nH]cc(C)c34)C2)cc1. The number of aryl methyl sites for hydroxylation is 1. The Morgan fingerprint density at radius 2 is 2.14 bits per heavy atom. The third-order valence-electron chi connectivity index (χ3n) is 5.29. The number of nitrogens with zero attached hydrogens (tertiary/aromatic N) is 3. The summed E-state index contributed by atoms with van der Waals surface area (Å²) in [5, 5.41) is 3.99. The maximum absolute atomic E-state index is 12.4. The van der Waals surface area contributed by atoms with Gasteiger partial charge in [0.05, 0.1) is 18.0 Å². The Morgan fingerprint density at radius 1 is 1.36 bits per heavy atom. The zero-order valence-corrected chi connectivity index (χ0v) is 16.0. The fourth-order valence-corrected chi connectivity index (χ4v) is 3.66. The van der Waals surface area contributed by atoms with Gasteiger partial charge in [0.2, 0.25) is 0 Å². The molecule has 1 aliphatic rings. The number of anilines is 1. The molecule has 146 valence electrons. The number of benzene rings is 1. The highest BCUT2D eigenvalue weighted by atomic mass is 16.5. The number of ether oxygens (including phenoxy) is 1. The zero-order chi connectivity index (χ0) is 19.7. The zero-order valence-electron chi connectivity index (χ0n) is 16.0. The summed E-state index contributed by atoms with van der Waals surface area (Å²) in [7, 11) is 1.60. The van der Waals surface area contributed by atoms with E-state index in [1.54, 1.807) is 37.7 Å². The number of aromatic amines is 1. The van der Waals surface area contributed by atoms with Crippen LogP contribution in [0.4, 0.5) is 5.82 Å². The van der Waals surface area contributed by atoms with Crippen molar-refractivity contribution in [1.82, 2.24) is 20.3 Å². The Balaban J connectivity index is 1.43. The smallest absolute Gasteiger partial charge is 0.251 e. The topological polar surface area (TPSA) is 109 Å². The number of H-pyrrole nitrogens is 1. The van der Waals surface area contributed by atoms with Crippen LogP contribution in [0.2, 0.25) is 0 Å². The van der Waals surface area contributed by atoms with Crippen LogP contribution < -0.4 is 20.7 Å². The second kappa shape index (κ2) is 7.12. The van der Waals surface area contributed by atoms with Gasteiger partial charge in [-0.1, -0.05) is 0 Å². The van der Waals surface area contributed by atoms with Crippen molar-refractivity contribution in [2.75, 3.05) is 31.6 Å². The van der Waals surface area contributed by atoms with Crippen molar-refractivity contribution in [3.8, 4) is 5.75 Å². The van der Waals surface area contributed by atoms with Gasteiger partial charge >= 0.3 is 0 Å². The van der Waals surface area contributed by atoms with Gasteiger partial charge in [-0.15, -0.1) is 0 Å². The summed E-state index contributed by atoms with van der Waals surface area (Å²) < 4.78 is 5.12. The number of carbonyl (C=O) groups excluding carboxylic acids is 1. The molecule has 0 saturated carbocycles. The van der Waals surface area contributed by atoms with Gasteiger partial charge in [0.25, 0.3) is 5.91 Å². The summed E-state index contributed by atoms with van der Waals surface area (Å²) in [5.41, 5.74) is 8.59. The lowest BCUT2D eigenvalue weighted by molar-refractivity contribution is 0.0945. The maximum Gasteiger partial charge on any atom is 0.251 e. The summed E-state index contributed by atoms with van der Waals surface area (Å²) in [6.07, 6.45) is 4.27. The van der Waals surface area contributed by atoms with Gasteiger partial charge in [0.15, 0.2) is 0 Å². The van der Waals surface area contributed by atoms with Crippen molar-refractivity contribution in [1.29, 1.82) is 0 Å². The molecule has 1 aliphatic heterocycles. The van der Waals surface area contributed by atoms with Crippen LogP contribution in [0, 0.1) is 6.92 Å². The highest BCUT2D eigenvalue weighted by Crippen LogP contribution is 2.30. The van der Waals surface area contributed by atoms with E-state index in [0.29, 0.717) is 18.7 Å². The van der Waals surface area contributed by atoms with E-state index in [1.807, 2.05) is 13.1 Å². The van der Waals surface area contributed by atoms with E-state index in [4.69, 9.17) is 10.5 Å². The summed E-state index contributed by atoms with van der Waals surface area (Å²) in [6.45, 7) is 3.83. The number of nitrogens with two attached hydrogens (primary N) is 1. The second-order valence-electron chi connectivity index (χ2n) is 7.34. The fraction of sp³-hybridized carbons (Fsp3) is 0.350. The number of rotatable bonds is 5. The van der Waals surface area contributed by atoms with Crippen LogP contribution in [0.1, 0.15) is 22.3 Å². The molecular formula is C20H24N6O2. The molecule has 1 aromatic carbocycles. The highest BCUT2D eigenvalue weighted by molar-refractivity contribution is 5.94. The van der Waals surface area contributed by atoms with Crippen LogP contribution in [0.15, 0.2) is 36.8 Å². The molecule has 1 fully saturated rings. The van der Waals surface area contributed by atoms with E-state index < -0.39 is 5.54 Å². The molecule has 4 N–H and O–H groups in total. The van der Waals surface area contributed by atoms with Crippen molar-refractivity contribution in [3.05, 3.63) is 47.9 Å². The normalized spacial score (nSPS) is 19.2. The van der Waals surface area contributed by atoms with Crippen molar-refractivity contribution in [3.63, 3.8) is 0 Å². The van der Waals surface area contributed by atoms with E-state index >= 15 is 0 Å². The first-order chi connectivity index (χ1) is 13.5. The van der Waals surface area contributed by atoms with Crippen LogP contribution in [-0.4, -0.2) is 53.1 Å². The lowest BCUT2D eigenvalue weighted by Crippen LogP contribution is -2.52. The number of hydrogen-bond acceptors (Lipinski definition) is 6. The number of hydrogen-bond donors (Lipinski definition) is 3. The first-order valence-corrected chi connectivity index (χ1v) is 9.24. The predicted molar refractivity (Wildman–Crippen MR) is 108 cm³/mol. The summed E-state index contributed by atoms with van der Waals surface area (Å²) in [4.78, 5) is 26.5. The van der Waals surface area contributed by atoms with Crippen LogP contribution >= 0.6 is 0 Å². The Bertz CT molecular complexity index is 1000. The van der Waals surface area contributed by atoms with E-state index in [-0.39, 0.29) is 5.91 Å². The van der Waals surface area contributed by atoms with Gasteiger partial charge in [0, 0.05) is 31.4 Å². The van der Waals surface area contributed by atoms with Crippen LogP contribution in [-0.2, 0) is 0 Å². The van der Waals surface area contributed by atoms with E-state index in [0.717, 1.165) is 41.1 Å². The molecule has 0 radical (unpaired) electrons. The standard InChI is InChI=1S/C20H24N6O2/c1-13-9-22-17-16(13)18(25-12-24-17)26-8-7-20(21,11-26)10-23-19(27)14-3-5-15(28-2)6-4-14/h3-6,9,12H,7-8,10-11,21H2,1-2H3,(H,23,27)(H,22,24,25)/t20-/m0/s1. The average Bonchev–Trinajstić information content (AvgIpc) is 3.30. The van der Waals surface area contributed by atoms with Gasteiger partial charge in [-0.25, -0.2) is 9.97 Å². The molecule has 8 nitrogen and oxygen atoms in total. The summed E-state index contributed by atoms with van der Waals surface area (Å²) >= 11 is 0. The minimum atomic E-state index is -0.510. The van der Waals surface area contributed by atoms with Crippen LogP contribution in [0.5, 0.6) is 5.75 Å². The molecule has 3 aromatic rings. The van der Waals surface area contributed by atoms with Crippen molar-refractivity contribution in [2.24, 2.45) is 5.73 Å². The molecule has 0 unspecified atom stereocenters. The molecule has 0 spiro atoms. The molecule has 4 rings (SSSR count). The quantitative estimate of drug-likeness (QED) is 0.620. The highest BCUT2D eigenvalue weighted by Gasteiger charge is 2.36. The van der Waals surface area contributed by atoms with Gasteiger partial charge in [-0.3, -0.25) is 4.79 Å². The van der Waals surface area contributed by atoms with Gasteiger partial charge in [-0.2, -0.15) is 0 Å². The van der Waals surface area contributed by atoms with E-state index in [9.17, 15) is 4.79 Å². The van der Waals surface area contributed by atoms with Crippen molar-refractivity contribution < 1.29 is 9.53 Å². The number of carbonyl (C=O) groups is 1. The molecule has 0 aliphatic carbocycles. The molecule has 1 saturated heterocycles. The third kappa shape index (κ3) is 3.38. The first-order valence-electron chi connectivity index (χ1n) is 9.24. The first kappa shape index (κ1) is 18.2. The van der Waals surface area contributed by atoms with Gasteiger partial charge in [0.1, 0.15) is 23.5 Å². The Hall–Kier alpha value is -3.13. The van der Waals surface area contributed by atoms with Crippen LogP contribution in [0.25, 0.3) is 11.0 Å². The monoisotopic (exact) mass is 380 g/mol. The molecule has 1 amide bonds. The van der Waals surface area contributed by atoms with Crippen molar-refractivity contribution in [2.45, 2.75) is 18.9 Å². The minimum Gasteiger partial charge on any atom is -0.497 e. The number of amides is 1. The Morgan fingerprint density at radius 3 is 2.89 bits per heavy atom. The number of nitrogens with one attached hydrogen (secondary N) is 2. The fourth-order valence-electron chi connectivity index (χ4n) is 3.66. The lowest BCUT2D eigenvalue weighted by atomic mass is 10.00. The molecule has 28 heavy (non-hydrogen) atoms.